The van der Waals surface area contributed by atoms with Crippen molar-refractivity contribution in [2.75, 3.05) is 39.3 Å². The molecule has 27 heavy (non-hydrogen) atoms. The Labute approximate surface area is 162 Å². The molecule has 4 rings (SSSR count). The molecule has 0 radical (unpaired) electrons. The molecule has 5 nitrogen and oxygen atoms in total. The van der Waals surface area contributed by atoms with Gasteiger partial charge in [-0.3, -0.25) is 0 Å². The second-order valence-electron chi connectivity index (χ2n) is 7.95. The first-order valence-corrected chi connectivity index (χ1v) is 10.4. The van der Waals surface area contributed by atoms with Crippen LogP contribution < -0.4 is 5.32 Å². The maximum absolute atomic E-state index is 12.6. The molecule has 1 aromatic carbocycles. The number of benzene rings is 1. The first-order valence-electron chi connectivity index (χ1n) is 10.4. The minimum Gasteiger partial charge on any atom is -0.377 e. The summed E-state index contributed by atoms with van der Waals surface area (Å²) in [4.78, 5) is 17.1. The van der Waals surface area contributed by atoms with E-state index in [9.17, 15) is 4.79 Å². The molecule has 2 amide bonds. The van der Waals surface area contributed by atoms with Gasteiger partial charge in [-0.15, -0.1) is 0 Å². The fourth-order valence-corrected chi connectivity index (χ4v) is 4.37. The van der Waals surface area contributed by atoms with E-state index in [0.29, 0.717) is 18.7 Å². The molecule has 5 heteroatoms. The monoisotopic (exact) mass is 369 g/mol. The Bertz CT molecular complexity index is 647. The van der Waals surface area contributed by atoms with Gasteiger partial charge in [0.15, 0.2) is 0 Å². The molecule has 2 fully saturated rings. The number of nitrogens with one attached hydrogen (secondary N) is 1. The van der Waals surface area contributed by atoms with Gasteiger partial charge in [-0.1, -0.05) is 36.4 Å². The predicted octanol–water partition coefficient (Wildman–Crippen LogP) is 3.13. The molecule has 1 atom stereocenters. The van der Waals surface area contributed by atoms with Crippen molar-refractivity contribution in [1.82, 2.24) is 15.1 Å². The standard InChI is InChI=1S/C22H31N3O2/c26-22(25-14-8-19(9-15-25)18-5-2-1-3-6-18)23-20-10-12-24(13-11-20)17-21-7-4-16-27-21/h1-3,5-6,8,20-21H,4,7,9-17H2,(H,23,26)/t21-/m1/s1. The average Bonchev–Trinajstić information content (AvgIpc) is 3.23. The molecule has 0 aliphatic carbocycles. The van der Waals surface area contributed by atoms with Crippen LogP contribution in [-0.2, 0) is 4.74 Å². The summed E-state index contributed by atoms with van der Waals surface area (Å²) in [7, 11) is 0. The number of carbonyl (C=O) groups excluding carboxylic acids is 1. The molecule has 3 heterocycles. The van der Waals surface area contributed by atoms with Crippen molar-refractivity contribution in [3.05, 3.63) is 42.0 Å². The Hall–Kier alpha value is -1.85. The number of hydrogen-bond donors (Lipinski definition) is 1. The first-order chi connectivity index (χ1) is 13.3. The number of hydrogen-bond acceptors (Lipinski definition) is 3. The van der Waals surface area contributed by atoms with Gasteiger partial charge in [0.2, 0.25) is 0 Å². The topological polar surface area (TPSA) is 44.8 Å². The number of likely N-dealkylation sites (tertiary alicyclic amines) is 1. The van der Waals surface area contributed by atoms with Crippen LogP contribution in [-0.4, -0.2) is 67.3 Å². The number of ether oxygens (including phenoxy) is 1. The molecule has 2 saturated heterocycles. The van der Waals surface area contributed by atoms with E-state index in [1.807, 2.05) is 11.0 Å². The molecule has 3 aliphatic rings. The van der Waals surface area contributed by atoms with Crippen LogP contribution in [0.25, 0.3) is 5.57 Å². The summed E-state index contributed by atoms with van der Waals surface area (Å²) in [6, 6.07) is 10.9. The number of piperidine rings is 1. The molecule has 3 aliphatic heterocycles. The smallest absolute Gasteiger partial charge is 0.317 e. The SMILES string of the molecule is O=C(NC1CCN(C[C@H]2CCCO2)CC1)N1CC=C(c2ccccc2)CC1. The molecule has 0 saturated carbocycles. The van der Waals surface area contributed by atoms with Crippen molar-refractivity contribution in [3.8, 4) is 0 Å². The summed E-state index contributed by atoms with van der Waals surface area (Å²) in [6.07, 6.45) is 8.03. The van der Waals surface area contributed by atoms with Crippen molar-refractivity contribution in [2.24, 2.45) is 0 Å². The van der Waals surface area contributed by atoms with Crippen molar-refractivity contribution < 1.29 is 9.53 Å². The maximum atomic E-state index is 12.6. The molecular weight excluding hydrogens is 338 g/mol. The fourth-order valence-electron chi connectivity index (χ4n) is 4.37. The Morgan fingerprint density at radius 3 is 2.59 bits per heavy atom. The van der Waals surface area contributed by atoms with Gasteiger partial charge in [-0.25, -0.2) is 4.79 Å². The van der Waals surface area contributed by atoms with Crippen LogP contribution in [0.1, 0.15) is 37.7 Å². The van der Waals surface area contributed by atoms with Gasteiger partial charge in [0, 0.05) is 45.4 Å². The van der Waals surface area contributed by atoms with Gasteiger partial charge in [0.05, 0.1) is 6.10 Å². The van der Waals surface area contributed by atoms with Crippen LogP contribution in [0.15, 0.2) is 36.4 Å². The highest BCUT2D eigenvalue weighted by Crippen LogP contribution is 2.22. The van der Waals surface area contributed by atoms with Gasteiger partial charge in [-0.2, -0.15) is 0 Å². The Kier molecular flexibility index (Phi) is 6.10. The maximum Gasteiger partial charge on any atom is 0.317 e. The normalized spacial score (nSPS) is 24.7. The third kappa shape index (κ3) is 4.90. The van der Waals surface area contributed by atoms with Crippen LogP contribution in [0.4, 0.5) is 4.79 Å². The van der Waals surface area contributed by atoms with Gasteiger partial charge >= 0.3 is 6.03 Å². The number of nitrogens with zero attached hydrogens (tertiary/aromatic N) is 2. The van der Waals surface area contributed by atoms with Crippen molar-refractivity contribution >= 4 is 11.6 Å². The fraction of sp³-hybridized carbons (Fsp3) is 0.591. The van der Waals surface area contributed by atoms with E-state index in [-0.39, 0.29) is 6.03 Å². The Balaban J connectivity index is 1.20. The van der Waals surface area contributed by atoms with Gasteiger partial charge < -0.3 is 19.9 Å². The lowest BCUT2D eigenvalue weighted by Gasteiger charge is -2.35. The molecule has 0 unspecified atom stereocenters. The number of rotatable bonds is 4. The minimum atomic E-state index is 0.0935. The molecule has 0 bridgehead atoms. The van der Waals surface area contributed by atoms with Crippen molar-refractivity contribution in [1.29, 1.82) is 0 Å². The Morgan fingerprint density at radius 2 is 1.93 bits per heavy atom. The van der Waals surface area contributed by atoms with Crippen molar-refractivity contribution in [3.63, 3.8) is 0 Å². The van der Waals surface area contributed by atoms with Crippen LogP contribution >= 0.6 is 0 Å². The highest BCUT2D eigenvalue weighted by atomic mass is 16.5. The van der Waals surface area contributed by atoms with Crippen molar-refractivity contribution in [2.45, 2.75) is 44.2 Å². The highest BCUT2D eigenvalue weighted by Gasteiger charge is 2.26. The molecular formula is C22H31N3O2. The van der Waals surface area contributed by atoms with Crippen LogP contribution in [0.5, 0.6) is 0 Å². The zero-order chi connectivity index (χ0) is 18.5. The van der Waals surface area contributed by atoms with Gasteiger partial charge in [0.25, 0.3) is 0 Å². The summed E-state index contributed by atoms with van der Waals surface area (Å²) in [5.74, 6) is 0. The van der Waals surface area contributed by atoms with Crippen LogP contribution in [0, 0.1) is 0 Å². The zero-order valence-electron chi connectivity index (χ0n) is 16.1. The lowest BCUT2D eigenvalue weighted by Crippen LogP contribution is -2.50. The lowest BCUT2D eigenvalue weighted by molar-refractivity contribution is 0.0628. The second-order valence-corrected chi connectivity index (χ2v) is 7.95. The number of urea groups is 1. The van der Waals surface area contributed by atoms with E-state index < -0.39 is 0 Å². The number of amides is 2. The average molecular weight is 370 g/mol. The third-order valence-electron chi connectivity index (χ3n) is 6.04. The molecule has 1 aromatic rings. The summed E-state index contributed by atoms with van der Waals surface area (Å²) >= 11 is 0. The van der Waals surface area contributed by atoms with Gasteiger partial charge in [-0.05, 0) is 43.2 Å². The summed E-state index contributed by atoms with van der Waals surface area (Å²) in [6.45, 7) is 5.59. The van der Waals surface area contributed by atoms with Crippen LogP contribution in [0.2, 0.25) is 0 Å². The van der Waals surface area contributed by atoms with E-state index >= 15 is 0 Å². The quantitative estimate of drug-likeness (QED) is 0.887. The molecule has 0 aromatic heterocycles. The Morgan fingerprint density at radius 1 is 1.11 bits per heavy atom. The first kappa shape index (κ1) is 18.5. The summed E-state index contributed by atoms with van der Waals surface area (Å²) in [5.41, 5.74) is 2.62. The largest absolute Gasteiger partial charge is 0.377 e. The zero-order valence-corrected chi connectivity index (χ0v) is 16.1. The van der Waals surface area contributed by atoms with E-state index in [1.54, 1.807) is 0 Å². The molecule has 146 valence electrons. The van der Waals surface area contributed by atoms with E-state index in [4.69, 9.17) is 4.74 Å². The lowest BCUT2D eigenvalue weighted by atomic mass is 10.00. The number of carbonyl (C=O) groups is 1. The van der Waals surface area contributed by atoms with E-state index in [0.717, 1.165) is 52.0 Å². The third-order valence-corrected chi connectivity index (χ3v) is 6.04. The highest BCUT2D eigenvalue weighted by molar-refractivity contribution is 5.77. The molecule has 1 N–H and O–H groups in total. The van der Waals surface area contributed by atoms with Crippen LogP contribution in [0.3, 0.4) is 0 Å². The van der Waals surface area contributed by atoms with E-state index in [1.165, 1.54) is 24.0 Å². The second kappa shape index (κ2) is 8.89. The van der Waals surface area contributed by atoms with Gasteiger partial charge in [0.1, 0.15) is 0 Å². The predicted molar refractivity (Wildman–Crippen MR) is 108 cm³/mol. The minimum absolute atomic E-state index is 0.0935. The molecule has 0 spiro atoms. The summed E-state index contributed by atoms with van der Waals surface area (Å²) < 4.78 is 5.74. The van der Waals surface area contributed by atoms with E-state index in [2.05, 4.69) is 40.6 Å². The summed E-state index contributed by atoms with van der Waals surface area (Å²) in [5, 5.41) is 3.26.